The van der Waals surface area contributed by atoms with Gasteiger partial charge in [0.2, 0.25) is 11.8 Å². The molecule has 0 atom stereocenters. The molecule has 0 heterocycles. The van der Waals surface area contributed by atoms with Crippen LogP contribution in [-0.4, -0.2) is 30.0 Å². The summed E-state index contributed by atoms with van der Waals surface area (Å²) in [6.45, 7) is 3.53. The molecule has 2 amide bonds. The van der Waals surface area contributed by atoms with Crippen LogP contribution in [0.5, 0.6) is 0 Å². The molecule has 3 N–H and O–H groups in total. The standard InChI is InChI=1S/C11H20ClNO2.C2H5NO/c1-2-3-4-5-6-7-11(15)13-9-10(14)8-12;1-2(3)4/h2-9H2,1H3,(H,13,15);1H3,(H2,3,4). The van der Waals surface area contributed by atoms with Crippen molar-refractivity contribution in [3.63, 3.8) is 0 Å². The lowest BCUT2D eigenvalue weighted by atomic mass is 10.1. The van der Waals surface area contributed by atoms with Crippen LogP contribution in [0, 0.1) is 0 Å². The second kappa shape index (κ2) is 15.0. The Kier molecular flexibility index (Phi) is 15.9. The van der Waals surface area contributed by atoms with Crippen LogP contribution in [0.2, 0.25) is 0 Å². The highest BCUT2D eigenvalue weighted by molar-refractivity contribution is 6.28. The number of primary amides is 1. The topological polar surface area (TPSA) is 89.3 Å². The Hall–Kier alpha value is -1.10. The molecule has 5 nitrogen and oxygen atoms in total. The molecule has 0 bridgehead atoms. The number of Topliss-reactive ketones (excluding diaryl/α,β-unsaturated/α-hetero) is 1. The molecule has 6 heteroatoms. The van der Waals surface area contributed by atoms with E-state index in [1.165, 1.54) is 26.2 Å². The smallest absolute Gasteiger partial charge is 0.220 e. The van der Waals surface area contributed by atoms with Crippen molar-refractivity contribution < 1.29 is 14.4 Å². The third-order valence-electron chi connectivity index (χ3n) is 2.14. The summed E-state index contributed by atoms with van der Waals surface area (Å²) in [7, 11) is 0. The number of alkyl halides is 1. The largest absolute Gasteiger partial charge is 0.370 e. The van der Waals surface area contributed by atoms with Crippen LogP contribution >= 0.6 is 11.6 Å². The van der Waals surface area contributed by atoms with Gasteiger partial charge < -0.3 is 11.1 Å². The second-order valence-electron chi connectivity index (χ2n) is 4.22. The lowest BCUT2D eigenvalue weighted by Crippen LogP contribution is -2.29. The fourth-order valence-corrected chi connectivity index (χ4v) is 1.32. The van der Waals surface area contributed by atoms with Crippen molar-refractivity contribution in [3.05, 3.63) is 0 Å². The lowest BCUT2D eigenvalue weighted by Gasteiger charge is -2.03. The first kappa shape index (κ1) is 20.2. The summed E-state index contributed by atoms with van der Waals surface area (Å²) in [5.41, 5.74) is 4.47. The monoisotopic (exact) mass is 292 g/mol. The fraction of sp³-hybridized carbons (Fsp3) is 0.769. The van der Waals surface area contributed by atoms with Crippen molar-refractivity contribution in [1.29, 1.82) is 0 Å². The number of ketones is 1. The van der Waals surface area contributed by atoms with Gasteiger partial charge in [0.1, 0.15) is 0 Å². The maximum absolute atomic E-state index is 11.2. The summed E-state index contributed by atoms with van der Waals surface area (Å²) in [6, 6.07) is 0. The van der Waals surface area contributed by atoms with E-state index in [1.807, 2.05) is 0 Å². The van der Waals surface area contributed by atoms with E-state index in [9.17, 15) is 14.4 Å². The van der Waals surface area contributed by atoms with Crippen LogP contribution in [0.1, 0.15) is 52.4 Å². The average Bonchev–Trinajstić information content (AvgIpc) is 2.35. The highest BCUT2D eigenvalue weighted by atomic mass is 35.5. The number of unbranched alkanes of at least 4 members (excludes halogenated alkanes) is 4. The molecule has 0 spiro atoms. The summed E-state index contributed by atoms with van der Waals surface area (Å²) in [5.74, 6) is -0.558. The van der Waals surface area contributed by atoms with Crippen LogP contribution in [0.4, 0.5) is 0 Å². The van der Waals surface area contributed by atoms with Gasteiger partial charge in [0, 0.05) is 13.3 Å². The summed E-state index contributed by atoms with van der Waals surface area (Å²) in [4.78, 5) is 31.2. The number of nitrogens with two attached hydrogens (primary N) is 1. The van der Waals surface area contributed by atoms with Gasteiger partial charge in [-0.2, -0.15) is 0 Å². The van der Waals surface area contributed by atoms with Crippen molar-refractivity contribution in [3.8, 4) is 0 Å². The van der Waals surface area contributed by atoms with Crippen LogP contribution in [0.3, 0.4) is 0 Å². The Morgan fingerprint density at radius 2 is 1.63 bits per heavy atom. The Morgan fingerprint density at radius 3 is 2.11 bits per heavy atom. The quantitative estimate of drug-likeness (QED) is 0.501. The van der Waals surface area contributed by atoms with Crippen LogP contribution in [0.25, 0.3) is 0 Å². The third kappa shape index (κ3) is 22.5. The van der Waals surface area contributed by atoms with Crippen LogP contribution in [-0.2, 0) is 14.4 Å². The van der Waals surface area contributed by atoms with Crippen molar-refractivity contribution in [2.45, 2.75) is 52.4 Å². The molecule has 0 aliphatic carbocycles. The Bertz CT molecular complexity index is 267. The van der Waals surface area contributed by atoms with Gasteiger partial charge in [-0.15, -0.1) is 11.6 Å². The van der Waals surface area contributed by atoms with E-state index in [0.717, 1.165) is 12.8 Å². The van der Waals surface area contributed by atoms with Crippen LogP contribution < -0.4 is 11.1 Å². The maximum atomic E-state index is 11.2. The van der Waals surface area contributed by atoms with Crippen molar-refractivity contribution in [2.24, 2.45) is 5.73 Å². The first-order valence-electron chi connectivity index (χ1n) is 6.54. The van der Waals surface area contributed by atoms with Crippen molar-refractivity contribution in [1.82, 2.24) is 5.32 Å². The van der Waals surface area contributed by atoms with Crippen molar-refractivity contribution >= 4 is 29.2 Å². The van der Waals surface area contributed by atoms with Crippen LogP contribution in [0.15, 0.2) is 0 Å². The molecule has 0 aromatic carbocycles. The molecule has 0 aromatic rings. The van der Waals surface area contributed by atoms with Crippen molar-refractivity contribution in [2.75, 3.05) is 12.4 Å². The molecule has 0 saturated heterocycles. The highest BCUT2D eigenvalue weighted by Gasteiger charge is 2.03. The molecule has 0 fully saturated rings. The molecule has 112 valence electrons. The number of nitrogens with one attached hydrogen (secondary N) is 1. The van der Waals surface area contributed by atoms with E-state index in [0.29, 0.717) is 6.42 Å². The predicted molar refractivity (Wildman–Crippen MR) is 77.0 cm³/mol. The summed E-state index contributed by atoms with van der Waals surface area (Å²) < 4.78 is 0. The van der Waals surface area contributed by atoms with Gasteiger partial charge in [-0.3, -0.25) is 14.4 Å². The maximum Gasteiger partial charge on any atom is 0.220 e. The van der Waals surface area contributed by atoms with Gasteiger partial charge in [-0.25, -0.2) is 0 Å². The van der Waals surface area contributed by atoms with E-state index in [2.05, 4.69) is 18.0 Å². The van der Waals surface area contributed by atoms with Gasteiger partial charge in [0.15, 0.2) is 5.78 Å². The molecule has 0 aromatic heterocycles. The molecule has 0 aliphatic rings. The highest BCUT2D eigenvalue weighted by Crippen LogP contribution is 2.04. The Labute approximate surface area is 120 Å². The number of amides is 2. The third-order valence-corrected chi connectivity index (χ3v) is 2.44. The molecular formula is C13H25ClN2O3. The van der Waals surface area contributed by atoms with E-state index in [1.54, 1.807) is 0 Å². The second-order valence-corrected chi connectivity index (χ2v) is 4.49. The lowest BCUT2D eigenvalue weighted by molar-refractivity contribution is -0.124. The molecule has 0 unspecified atom stereocenters. The summed E-state index contributed by atoms with van der Waals surface area (Å²) in [5, 5.41) is 2.55. The minimum absolute atomic E-state index is 0.0310. The Morgan fingerprint density at radius 1 is 1.11 bits per heavy atom. The molecule has 0 rings (SSSR count). The van der Waals surface area contributed by atoms with Gasteiger partial charge in [0.25, 0.3) is 0 Å². The molecule has 19 heavy (non-hydrogen) atoms. The summed E-state index contributed by atoms with van der Waals surface area (Å²) in [6.07, 6.45) is 6.12. The number of halogens is 1. The van der Waals surface area contributed by atoms with Gasteiger partial charge >= 0.3 is 0 Å². The SMILES string of the molecule is CC(N)=O.CCCCCCCC(=O)NCC(=O)CCl. The Balaban J connectivity index is 0. The number of carbonyl (C=O) groups excluding carboxylic acids is 3. The molecule has 0 saturated carbocycles. The average molecular weight is 293 g/mol. The summed E-state index contributed by atoms with van der Waals surface area (Å²) >= 11 is 5.30. The fourth-order valence-electron chi connectivity index (χ4n) is 1.22. The first-order valence-corrected chi connectivity index (χ1v) is 7.07. The van der Waals surface area contributed by atoms with E-state index >= 15 is 0 Å². The first-order chi connectivity index (χ1) is 8.93. The normalized spacial score (nSPS) is 9.21. The zero-order valence-electron chi connectivity index (χ0n) is 11.8. The van der Waals surface area contributed by atoms with E-state index < -0.39 is 0 Å². The van der Waals surface area contributed by atoms with E-state index in [-0.39, 0.29) is 30.0 Å². The van der Waals surface area contributed by atoms with E-state index in [4.69, 9.17) is 11.6 Å². The molecule has 0 radical (unpaired) electrons. The van der Waals surface area contributed by atoms with Gasteiger partial charge in [0.05, 0.1) is 12.4 Å². The number of rotatable bonds is 9. The minimum Gasteiger partial charge on any atom is -0.370 e. The molecular weight excluding hydrogens is 268 g/mol. The number of hydrogen-bond acceptors (Lipinski definition) is 3. The zero-order valence-corrected chi connectivity index (χ0v) is 12.6. The number of carbonyl (C=O) groups is 3. The zero-order chi connectivity index (χ0) is 15.1. The van der Waals surface area contributed by atoms with Gasteiger partial charge in [-0.05, 0) is 6.42 Å². The van der Waals surface area contributed by atoms with Gasteiger partial charge in [-0.1, -0.05) is 32.6 Å². The molecule has 0 aliphatic heterocycles. The predicted octanol–water partition coefficient (Wildman–Crippen LogP) is 1.76. The number of hydrogen-bond donors (Lipinski definition) is 2. The minimum atomic E-state index is -0.333.